The quantitative estimate of drug-likeness (QED) is 0.385. The minimum Gasteiger partial charge on any atom is -0.515 e. The highest BCUT2D eigenvalue weighted by atomic mass is 32.2. The van der Waals surface area contributed by atoms with Crippen molar-refractivity contribution in [3.05, 3.63) is 47.1 Å². The average Bonchev–Trinajstić information content (AvgIpc) is 2.65. The van der Waals surface area contributed by atoms with Gasteiger partial charge in [-0.3, -0.25) is 0 Å². The van der Waals surface area contributed by atoms with Gasteiger partial charge in [-0.2, -0.15) is 0 Å². The summed E-state index contributed by atoms with van der Waals surface area (Å²) in [6.45, 7) is 6.88. The maximum atomic E-state index is 6.93. The Morgan fingerprint density at radius 1 is 1.12 bits per heavy atom. The summed E-state index contributed by atoms with van der Waals surface area (Å²) < 4.78 is 13.4. The van der Waals surface area contributed by atoms with Crippen LogP contribution in [0.4, 0.5) is 0 Å². The van der Waals surface area contributed by atoms with E-state index in [1.807, 2.05) is 0 Å². The number of hydrogen-bond acceptors (Lipinski definition) is 3. The van der Waals surface area contributed by atoms with E-state index in [1.165, 1.54) is 37.7 Å². The summed E-state index contributed by atoms with van der Waals surface area (Å²) in [6, 6.07) is 13.3. The standard InChI is InChI=1S/C22H34O2SSi/c1-5-21(25-4)24-26(16-11-17-26)23-20-15-10-9-14-19(20)22(2,3)18-12-7-6-8-13-18/h5-8,12-13,19-20H,9-11,14-17H2,1-4H3/b21-5-/t19-,20-/m1/s1. The van der Waals surface area contributed by atoms with Crippen molar-refractivity contribution in [3.8, 4) is 0 Å². The number of allylic oxidation sites excluding steroid dienone is 1. The van der Waals surface area contributed by atoms with E-state index in [2.05, 4.69) is 63.4 Å². The first kappa shape index (κ1) is 20.0. The zero-order chi connectivity index (χ0) is 18.6. The van der Waals surface area contributed by atoms with Crippen molar-refractivity contribution in [2.24, 2.45) is 5.92 Å². The molecule has 0 N–H and O–H groups in total. The fraction of sp³-hybridized carbons (Fsp3) is 0.636. The van der Waals surface area contributed by atoms with E-state index in [0.29, 0.717) is 12.0 Å². The van der Waals surface area contributed by atoms with Crippen LogP contribution in [0.25, 0.3) is 0 Å². The van der Waals surface area contributed by atoms with Crippen LogP contribution < -0.4 is 0 Å². The second kappa shape index (κ2) is 8.53. The number of benzene rings is 1. The minimum absolute atomic E-state index is 0.134. The molecule has 2 nitrogen and oxygen atoms in total. The van der Waals surface area contributed by atoms with Crippen LogP contribution in [0.3, 0.4) is 0 Å². The summed E-state index contributed by atoms with van der Waals surface area (Å²) in [6.07, 6.45) is 10.8. The zero-order valence-electron chi connectivity index (χ0n) is 16.8. The van der Waals surface area contributed by atoms with Gasteiger partial charge in [-0.1, -0.05) is 68.8 Å². The summed E-state index contributed by atoms with van der Waals surface area (Å²) in [5, 5.41) is 1.05. The Labute approximate surface area is 165 Å². The summed E-state index contributed by atoms with van der Waals surface area (Å²) in [5.41, 5.74) is 1.57. The van der Waals surface area contributed by atoms with Gasteiger partial charge in [0.15, 0.2) is 0 Å². The minimum atomic E-state index is -2.05. The Hall–Kier alpha value is -0.713. The molecule has 26 heavy (non-hydrogen) atoms. The maximum Gasteiger partial charge on any atom is 0.399 e. The van der Waals surface area contributed by atoms with Crippen LogP contribution >= 0.6 is 11.8 Å². The molecule has 2 aliphatic rings. The fourth-order valence-electron chi connectivity index (χ4n) is 4.53. The number of rotatable bonds is 7. The first-order chi connectivity index (χ1) is 12.5. The van der Waals surface area contributed by atoms with E-state index in [0.717, 1.165) is 17.2 Å². The van der Waals surface area contributed by atoms with Crippen LogP contribution in [0.5, 0.6) is 0 Å². The molecule has 1 aromatic carbocycles. The Morgan fingerprint density at radius 3 is 2.38 bits per heavy atom. The molecule has 4 heteroatoms. The molecule has 0 unspecified atom stereocenters. The van der Waals surface area contributed by atoms with Gasteiger partial charge >= 0.3 is 8.56 Å². The monoisotopic (exact) mass is 390 g/mol. The predicted octanol–water partition coefficient (Wildman–Crippen LogP) is 6.63. The summed E-state index contributed by atoms with van der Waals surface area (Å²) >= 11 is 1.70. The van der Waals surface area contributed by atoms with Gasteiger partial charge in [0.05, 0.1) is 6.10 Å². The highest BCUT2D eigenvalue weighted by Crippen LogP contribution is 2.46. The zero-order valence-corrected chi connectivity index (χ0v) is 18.6. The van der Waals surface area contributed by atoms with Gasteiger partial charge in [-0.05, 0) is 55.4 Å². The lowest BCUT2D eigenvalue weighted by Gasteiger charge is -2.48. The molecule has 1 heterocycles. The SMILES string of the molecule is C/C=C(/O[Si]1(O[C@@H]2CCCC[C@H]2C(C)(C)c2ccccc2)CCC1)SC. The molecular formula is C22H34O2SSi. The third-order valence-electron chi connectivity index (χ3n) is 6.35. The van der Waals surface area contributed by atoms with Crippen LogP contribution in [0, 0.1) is 5.92 Å². The Balaban J connectivity index is 1.78. The van der Waals surface area contributed by atoms with Crippen molar-refractivity contribution in [3.63, 3.8) is 0 Å². The molecule has 1 aliphatic carbocycles. The normalized spacial score (nSPS) is 26.2. The Bertz CT molecular complexity index is 610. The topological polar surface area (TPSA) is 18.5 Å². The smallest absolute Gasteiger partial charge is 0.399 e. The Kier molecular flexibility index (Phi) is 6.57. The van der Waals surface area contributed by atoms with Crippen molar-refractivity contribution in [1.29, 1.82) is 0 Å². The summed E-state index contributed by atoms with van der Waals surface area (Å²) in [7, 11) is -2.05. The van der Waals surface area contributed by atoms with Crippen molar-refractivity contribution >= 4 is 20.3 Å². The van der Waals surface area contributed by atoms with Gasteiger partial charge in [-0.25, -0.2) is 0 Å². The van der Waals surface area contributed by atoms with E-state index in [-0.39, 0.29) is 5.41 Å². The van der Waals surface area contributed by atoms with Crippen LogP contribution in [0.2, 0.25) is 12.1 Å². The average molecular weight is 391 g/mol. The van der Waals surface area contributed by atoms with Crippen LogP contribution in [-0.4, -0.2) is 20.9 Å². The second-order valence-electron chi connectivity index (χ2n) is 8.31. The van der Waals surface area contributed by atoms with E-state index in [9.17, 15) is 0 Å². The molecule has 0 aromatic heterocycles. The molecule has 0 bridgehead atoms. The molecule has 2 atom stereocenters. The van der Waals surface area contributed by atoms with E-state index >= 15 is 0 Å². The third kappa shape index (κ3) is 4.23. The second-order valence-corrected chi connectivity index (χ2v) is 12.4. The lowest BCUT2D eigenvalue weighted by atomic mass is 9.66. The summed E-state index contributed by atoms with van der Waals surface area (Å²) in [4.78, 5) is 0. The van der Waals surface area contributed by atoms with Crippen molar-refractivity contribution in [2.75, 3.05) is 6.26 Å². The first-order valence-corrected chi connectivity index (χ1v) is 13.6. The van der Waals surface area contributed by atoms with Gasteiger partial charge < -0.3 is 8.85 Å². The molecular weight excluding hydrogens is 356 g/mol. The molecule has 144 valence electrons. The van der Waals surface area contributed by atoms with E-state index in [4.69, 9.17) is 8.85 Å². The molecule has 1 aromatic rings. The molecule has 1 aliphatic heterocycles. The highest BCUT2D eigenvalue weighted by molar-refractivity contribution is 8.02. The van der Waals surface area contributed by atoms with Gasteiger partial charge in [-0.15, -0.1) is 0 Å². The maximum absolute atomic E-state index is 6.93. The van der Waals surface area contributed by atoms with Crippen molar-refractivity contribution < 1.29 is 8.85 Å². The molecule has 1 saturated heterocycles. The molecule has 3 rings (SSSR count). The largest absolute Gasteiger partial charge is 0.515 e. The Morgan fingerprint density at radius 2 is 1.81 bits per heavy atom. The first-order valence-electron chi connectivity index (χ1n) is 10.1. The predicted molar refractivity (Wildman–Crippen MR) is 115 cm³/mol. The van der Waals surface area contributed by atoms with Gasteiger partial charge in [0.1, 0.15) is 5.09 Å². The third-order valence-corrected chi connectivity index (χ3v) is 10.8. The molecule has 0 amide bonds. The van der Waals surface area contributed by atoms with E-state index in [1.54, 1.807) is 11.8 Å². The lowest BCUT2D eigenvalue weighted by Crippen LogP contribution is -2.54. The molecule has 2 fully saturated rings. The van der Waals surface area contributed by atoms with Gasteiger partial charge in [0, 0.05) is 12.1 Å². The van der Waals surface area contributed by atoms with Crippen LogP contribution in [0.15, 0.2) is 41.5 Å². The van der Waals surface area contributed by atoms with E-state index < -0.39 is 8.56 Å². The highest BCUT2D eigenvalue weighted by Gasteiger charge is 2.51. The van der Waals surface area contributed by atoms with Crippen molar-refractivity contribution in [1.82, 2.24) is 0 Å². The fourth-order valence-corrected chi connectivity index (χ4v) is 8.29. The molecule has 1 saturated carbocycles. The summed E-state index contributed by atoms with van der Waals surface area (Å²) in [5.74, 6) is 0.565. The molecule has 0 radical (unpaired) electrons. The van der Waals surface area contributed by atoms with Crippen LogP contribution in [0.1, 0.15) is 58.4 Å². The van der Waals surface area contributed by atoms with Gasteiger partial charge in [0.25, 0.3) is 0 Å². The molecule has 0 spiro atoms. The van der Waals surface area contributed by atoms with Crippen molar-refractivity contribution in [2.45, 2.75) is 76.5 Å². The number of thioether (sulfide) groups is 1. The lowest BCUT2D eigenvalue weighted by molar-refractivity contribution is 0.0192. The van der Waals surface area contributed by atoms with Crippen LogP contribution in [-0.2, 0) is 14.3 Å². The van der Waals surface area contributed by atoms with Gasteiger partial charge in [0.2, 0.25) is 0 Å². The number of hydrogen-bond donors (Lipinski definition) is 0.